The lowest BCUT2D eigenvalue weighted by Gasteiger charge is -2.17. The lowest BCUT2D eigenvalue weighted by atomic mass is 9.79. The minimum absolute atomic E-state index is 0.0192. The molecule has 2 aromatic rings. The van der Waals surface area contributed by atoms with E-state index in [1.165, 1.54) is 6.07 Å². The molecule has 1 heterocycles. The van der Waals surface area contributed by atoms with Crippen molar-refractivity contribution in [3.8, 4) is 0 Å². The lowest BCUT2D eigenvalue weighted by molar-refractivity contribution is -0.147. The van der Waals surface area contributed by atoms with Gasteiger partial charge in [-0.25, -0.2) is 4.79 Å². The number of primary amides is 1. The van der Waals surface area contributed by atoms with Gasteiger partial charge in [0.2, 0.25) is 5.91 Å². The second kappa shape index (κ2) is 9.36. The van der Waals surface area contributed by atoms with E-state index in [1.807, 2.05) is 30.3 Å². The van der Waals surface area contributed by atoms with Gasteiger partial charge in [0.05, 0.1) is 6.61 Å². The van der Waals surface area contributed by atoms with E-state index in [4.69, 9.17) is 15.1 Å². The first-order valence-corrected chi connectivity index (χ1v) is 9.16. The molecule has 9 heteroatoms. The maximum atomic E-state index is 12.6. The Morgan fingerprint density at radius 2 is 1.97 bits per heavy atom. The summed E-state index contributed by atoms with van der Waals surface area (Å²) >= 11 is 0. The molecule has 0 radical (unpaired) electrons. The molecule has 1 aliphatic heterocycles. The molecule has 3 rings (SSSR count). The summed E-state index contributed by atoms with van der Waals surface area (Å²) in [6.45, 7) is 0.316. The van der Waals surface area contributed by atoms with E-state index >= 15 is 0 Å². The molecule has 8 nitrogen and oxygen atoms in total. The van der Waals surface area contributed by atoms with Crippen LogP contribution in [-0.4, -0.2) is 36.0 Å². The summed E-state index contributed by atoms with van der Waals surface area (Å²) in [5, 5.41) is 12.4. The highest BCUT2D eigenvalue weighted by Crippen LogP contribution is 2.12. The van der Waals surface area contributed by atoms with Crippen LogP contribution < -0.4 is 16.5 Å². The second-order valence-corrected chi connectivity index (χ2v) is 6.70. The van der Waals surface area contributed by atoms with Gasteiger partial charge in [0.25, 0.3) is 5.91 Å². The highest BCUT2D eigenvalue weighted by molar-refractivity contribution is 6.61. The van der Waals surface area contributed by atoms with Crippen LogP contribution in [0.25, 0.3) is 0 Å². The molecule has 0 aromatic heterocycles. The summed E-state index contributed by atoms with van der Waals surface area (Å²) in [6, 6.07) is 12.9. The van der Waals surface area contributed by atoms with Crippen LogP contribution in [0, 0.1) is 0 Å². The molecule has 0 bridgehead atoms. The maximum absolute atomic E-state index is 12.6. The Hall–Kier alpha value is -3.17. The van der Waals surface area contributed by atoms with Crippen molar-refractivity contribution in [2.24, 2.45) is 5.73 Å². The first kappa shape index (κ1) is 20.6. The monoisotopic (exact) mass is 396 g/mol. The van der Waals surface area contributed by atoms with Gasteiger partial charge in [0, 0.05) is 12.0 Å². The van der Waals surface area contributed by atoms with Crippen molar-refractivity contribution in [1.82, 2.24) is 5.32 Å². The van der Waals surface area contributed by atoms with Gasteiger partial charge in [-0.2, -0.15) is 0 Å². The molecule has 0 saturated carbocycles. The van der Waals surface area contributed by atoms with E-state index in [0.717, 1.165) is 11.1 Å². The zero-order chi connectivity index (χ0) is 20.8. The van der Waals surface area contributed by atoms with Crippen LogP contribution in [-0.2, 0) is 32.2 Å². The normalized spacial score (nSPS) is 13.5. The molecule has 0 unspecified atom stereocenters. The number of nitrogens with one attached hydrogen (secondary N) is 1. The third-order valence-electron chi connectivity index (χ3n) is 4.56. The number of carbonyl (C=O) groups excluding carboxylic acids is 3. The summed E-state index contributed by atoms with van der Waals surface area (Å²) in [7, 11) is -1.08. The number of esters is 1. The fourth-order valence-corrected chi connectivity index (χ4v) is 2.96. The van der Waals surface area contributed by atoms with Gasteiger partial charge in [0.15, 0.2) is 0 Å². The summed E-state index contributed by atoms with van der Waals surface area (Å²) in [6.07, 6.45) is -0.0620. The van der Waals surface area contributed by atoms with Crippen molar-refractivity contribution >= 4 is 30.4 Å². The zero-order valence-corrected chi connectivity index (χ0v) is 15.7. The number of carbonyl (C=O) groups is 3. The van der Waals surface area contributed by atoms with Gasteiger partial charge in [-0.05, 0) is 35.1 Å². The number of amides is 2. The van der Waals surface area contributed by atoms with Gasteiger partial charge in [-0.15, -0.1) is 0 Å². The summed E-state index contributed by atoms with van der Waals surface area (Å²) in [5.74, 6) is -1.77. The molecule has 4 N–H and O–H groups in total. The summed E-state index contributed by atoms with van der Waals surface area (Å²) in [4.78, 5) is 36.3. The van der Waals surface area contributed by atoms with Crippen LogP contribution in [0.2, 0.25) is 0 Å². The lowest BCUT2D eigenvalue weighted by Crippen LogP contribution is -2.42. The van der Waals surface area contributed by atoms with Crippen LogP contribution in [0.3, 0.4) is 0 Å². The van der Waals surface area contributed by atoms with Crippen molar-refractivity contribution in [3.63, 3.8) is 0 Å². The quantitative estimate of drug-likeness (QED) is 0.426. The van der Waals surface area contributed by atoms with Crippen molar-refractivity contribution in [1.29, 1.82) is 0 Å². The molecule has 0 saturated heterocycles. The number of ether oxygens (including phenoxy) is 1. The van der Waals surface area contributed by atoms with Gasteiger partial charge < -0.3 is 25.5 Å². The molecule has 29 heavy (non-hydrogen) atoms. The Kier molecular flexibility index (Phi) is 6.63. The molecular weight excluding hydrogens is 375 g/mol. The molecule has 0 aliphatic carbocycles. The van der Waals surface area contributed by atoms with Crippen molar-refractivity contribution in [2.75, 3.05) is 0 Å². The van der Waals surface area contributed by atoms with Crippen LogP contribution >= 0.6 is 0 Å². The first-order valence-electron chi connectivity index (χ1n) is 9.16. The Balaban J connectivity index is 1.67. The highest BCUT2D eigenvalue weighted by Gasteiger charge is 2.29. The van der Waals surface area contributed by atoms with Gasteiger partial charge in [-0.3, -0.25) is 9.59 Å². The van der Waals surface area contributed by atoms with Crippen molar-refractivity contribution in [2.45, 2.75) is 32.1 Å². The van der Waals surface area contributed by atoms with E-state index in [0.29, 0.717) is 5.46 Å². The predicted octanol–water partition coefficient (Wildman–Crippen LogP) is 0.0116. The molecule has 150 valence electrons. The fraction of sp³-hybridized carbons (Fsp3) is 0.250. The van der Waals surface area contributed by atoms with Crippen molar-refractivity contribution < 1.29 is 28.8 Å². The summed E-state index contributed by atoms with van der Waals surface area (Å²) in [5.41, 5.74) is 7.54. The third kappa shape index (κ3) is 5.43. The largest absolute Gasteiger partial charge is 0.491 e. The minimum atomic E-state index is -1.08. The number of benzene rings is 2. The number of fused-ring (bicyclic) bond motifs is 1. The van der Waals surface area contributed by atoms with Crippen LogP contribution in [0.15, 0.2) is 48.5 Å². The minimum Gasteiger partial charge on any atom is -0.459 e. The Morgan fingerprint density at radius 3 is 2.69 bits per heavy atom. The van der Waals surface area contributed by atoms with E-state index < -0.39 is 30.9 Å². The standard InChI is InChI=1S/C20H21BN2O6/c22-18(24)9-8-17(20(26)28-11-13-4-2-1-3-5-13)23-19(25)14-6-7-15-12-29-21(27)16(15)10-14/h1-7,10,17,27H,8-9,11-12H2,(H2,22,24)(H,23,25)/t17-/m0/s1. The smallest absolute Gasteiger partial charge is 0.459 e. The van der Waals surface area contributed by atoms with Crippen LogP contribution in [0.1, 0.15) is 34.3 Å². The van der Waals surface area contributed by atoms with E-state index in [1.54, 1.807) is 12.1 Å². The maximum Gasteiger partial charge on any atom is 0.491 e. The Labute approximate surface area is 168 Å². The molecular formula is C20H21BN2O6. The first-order chi connectivity index (χ1) is 13.9. The molecule has 1 atom stereocenters. The molecule has 1 aliphatic rings. The highest BCUT2D eigenvalue weighted by atomic mass is 16.5. The van der Waals surface area contributed by atoms with Crippen LogP contribution in [0.4, 0.5) is 0 Å². The SMILES string of the molecule is NC(=O)CC[C@H](NC(=O)c1ccc2c(c1)B(O)OC2)C(=O)OCc1ccccc1. The zero-order valence-electron chi connectivity index (χ0n) is 15.7. The Morgan fingerprint density at radius 1 is 1.21 bits per heavy atom. The average molecular weight is 396 g/mol. The van der Waals surface area contributed by atoms with Gasteiger partial charge in [-0.1, -0.05) is 36.4 Å². The topological polar surface area (TPSA) is 128 Å². The van der Waals surface area contributed by atoms with E-state index in [9.17, 15) is 19.4 Å². The number of hydrogen-bond acceptors (Lipinski definition) is 6. The van der Waals surface area contributed by atoms with E-state index in [-0.39, 0.29) is 31.6 Å². The molecule has 0 spiro atoms. The fourth-order valence-electron chi connectivity index (χ4n) is 2.96. The van der Waals surface area contributed by atoms with Gasteiger partial charge in [0.1, 0.15) is 12.6 Å². The van der Waals surface area contributed by atoms with Crippen LogP contribution in [0.5, 0.6) is 0 Å². The number of nitrogens with two attached hydrogens (primary N) is 1. The number of hydrogen-bond donors (Lipinski definition) is 3. The average Bonchev–Trinajstić information content (AvgIpc) is 3.10. The van der Waals surface area contributed by atoms with Crippen molar-refractivity contribution in [3.05, 3.63) is 65.2 Å². The Bertz CT molecular complexity index is 905. The summed E-state index contributed by atoms with van der Waals surface area (Å²) < 4.78 is 10.4. The number of rotatable bonds is 8. The molecule has 2 amide bonds. The second-order valence-electron chi connectivity index (χ2n) is 6.70. The third-order valence-corrected chi connectivity index (χ3v) is 4.56. The predicted molar refractivity (Wildman–Crippen MR) is 105 cm³/mol. The molecule has 2 aromatic carbocycles. The molecule has 0 fully saturated rings. The van der Waals surface area contributed by atoms with E-state index in [2.05, 4.69) is 5.32 Å². The van der Waals surface area contributed by atoms with Gasteiger partial charge >= 0.3 is 13.1 Å².